The van der Waals surface area contributed by atoms with Gasteiger partial charge in [0.15, 0.2) is 0 Å². The zero-order chi connectivity index (χ0) is 10.1. The largest absolute Gasteiger partial charge is 0.496 e. The van der Waals surface area contributed by atoms with Crippen LogP contribution >= 0.6 is 15.9 Å². The van der Waals surface area contributed by atoms with Gasteiger partial charge in [0.25, 0.3) is 0 Å². The van der Waals surface area contributed by atoms with Gasteiger partial charge < -0.3 is 4.74 Å². The summed E-state index contributed by atoms with van der Waals surface area (Å²) in [4.78, 5) is 4.29. The summed E-state index contributed by atoms with van der Waals surface area (Å²) >= 11 is 3.53. The molecule has 1 heterocycles. The van der Waals surface area contributed by atoms with E-state index < -0.39 is 0 Å². The Balaban J connectivity index is 2.86. The predicted molar refractivity (Wildman–Crippen MR) is 60.7 cm³/mol. The van der Waals surface area contributed by atoms with Crippen molar-refractivity contribution >= 4 is 26.8 Å². The van der Waals surface area contributed by atoms with E-state index in [0.29, 0.717) is 0 Å². The first-order valence-corrected chi connectivity index (χ1v) is 5.11. The summed E-state index contributed by atoms with van der Waals surface area (Å²) in [6.07, 6.45) is 1.82. The maximum absolute atomic E-state index is 5.23. The molecule has 72 valence electrons. The lowest BCUT2D eigenvalue weighted by Gasteiger charge is -2.07. The molecule has 0 atom stereocenters. The van der Waals surface area contributed by atoms with Crippen LogP contribution in [-0.2, 0) is 0 Å². The number of halogens is 1. The van der Waals surface area contributed by atoms with Crippen LogP contribution in [0.5, 0.6) is 5.75 Å². The molecule has 0 aliphatic heterocycles. The van der Waals surface area contributed by atoms with Gasteiger partial charge in [-0.2, -0.15) is 0 Å². The highest BCUT2D eigenvalue weighted by molar-refractivity contribution is 9.10. The molecule has 0 spiro atoms. The van der Waals surface area contributed by atoms with Crippen LogP contribution in [0, 0.1) is 6.92 Å². The summed E-state index contributed by atoms with van der Waals surface area (Å²) in [5.41, 5.74) is 2.18. The number of methoxy groups -OCH3 is 1. The van der Waals surface area contributed by atoms with Gasteiger partial charge in [0.1, 0.15) is 5.75 Å². The van der Waals surface area contributed by atoms with Crippen LogP contribution < -0.4 is 4.74 Å². The lowest BCUT2D eigenvalue weighted by atomic mass is 10.1. The molecule has 0 aliphatic rings. The van der Waals surface area contributed by atoms with Gasteiger partial charge >= 0.3 is 0 Å². The molecule has 0 amide bonds. The summed E-state index contributed by atoms with van der Waals surface area (Å²) < 4.78 is 6.21. The van der Waals surface area contributed by atoms with Crippen molar-refractivity contribution in [2.45, 2.75) is 6.92 Å². The number of aryl methyl sites for hydroxylation is 1. The smallest absolute Gasteiger partial charge is 0.133 e. The van der Waals surface area contributed by atoms with Crippen molar-refractivity contribution in [1.29, 1.82) is 0 Å². The maximum atomic E-state index is 5.23. The highest BCUT2D eigenvalue weighted by atomic mass is 79.9. The Morgan fingerprint density at radius 1 is 1.29 bits per heavy atom. The topological polar surface area (TPSA) is 22.1 Å². The van der Waals surface area contributed by atoms with E-state index in [1.807, 2.05) is 24.4 Å². The molecule has 0 unspecified atom stereocenters. The molecule has 1 aromatic carbocycles. The van der Waals surface area contributed by atoms with E-state index >= 15 is 0 Å². The third kappa shape index (κ3) is 1.38. The molecule has 2 nitrogen and oxygen atoms in total. The second-order valence-corrected chi connectivity index (χ2v) is 3.90. The lowest BCUT2D eigenvalue weighted by molar-refractivity contribution is 0.413. The molecule has 0 fully saturated rings. The molecule has 2 aromatic rings. The van der Waals surface area contributed by atoms with Crippen molar-refractivity contribution in [2.75, 3.05) is 7.11 Å². The zero-order valence-corrected chi connectivity index (χ0v) is 9.63. The van der Waals surface area contributed by atoms with Crippen molar-refractivity contribution in [3.05, 3.63) is 34.4 Å². The molecule has 0 saturated carbocycles. The van der Waals surface area contributed by atoms with Crippen molar-refractivity contribution < 1.29 is 4.74 Å². The van der Waals surface area contributed by atoms with Gasteiger partial charge in [-0.3, -0.25) is 4.98 Å². The van der Waals surface area contributed by atoms with Crippen LogP contribution in [0.1, 0.15) is 5.56 Å². The SMILES string of the molecule is COc1ccc2nccc(C)c2c1Br. The molecule has 2 rings (SSSR count). The summed E-state index contributed by atoms with van der Waals surface area (Å²) in [5, 5.41) is 1.12. The molecule has 14 heavy (non-hydrogen) atoms. The van der Waals surface area contributed by atoms with E-state index in [4.69, 9.17) is 4.74 Å². The van der Waals surface area contributed by atoms with Crippen LogP contribution in [0.3, 0.4) is 0 Å². The molecule has 0 aliphatic carbocycles. The Kier molecular flexibility index (Phi) is 2.42. The van der Waals surface area contributed by atoms with Gasteiger partial charge in [0, 0.05) is 11.6 Å². The highest BCUT2D eigenvalue weighted by Crippen LogP contribution is 2.33. The Labute approximate surface area is 91.0 Å². The first-order valence-electron chi connectivity index (χ1n) is 4.32. The van der Waals surface area contributed by atoms with Gasteiger partial charge in [0.05, 0.1) is 17.1 Å². The van der Waals surface area contributed by atoms with E-state index in [-0.39, 0.29) is 0 Å². The Bertz CT molecular complexity index is 482. The fourth-order valence-corrected chi connectivity index (χ4v) is 2.31. The van der Waals surface area contributed by atoms with E-state index in [1.165, 1.54) is 5.56 Å². The number of pyridine rings is 1. The van der Waals surface area contributed by atoms with Gasteiger partial charge in [-0.25, -0.2) is 0 Å². The standard InChI is InChI=1S/C11H10BrNO/c1-7-5-6-13-8-3-4-9(14-2)11(12)10(7)8/h3-6H,1-2H3. The van der Waals surface area contributed by atoms with Gasteiger partial charge in [-0.05, 0) is 46.6 Å². The normalized spacial score (nSPS) is 10.5. The molecular weight excluding hydrogens is 242 g/mol. The fourth-order valence-electron chi connectivity index (χ4n) is 1.50. The lowest BCUT2D eigenvalue weighted by Crippen LogP contribution is -1.88. The van der Waals surface area contributed by atoms with Crippen molar-refractivity contribution in [1.82, 2.24) is 4.98 Å². The van der Waals surface area contributed by atoms with Crippen molar-refractivity contribution in [3.8, 4) is 5.75 Å². The van der Waals surface area contributed by atoms with Crippen LogP contribution in [0.15, 0.2) is 28.9 Å². The highest BCUT2D eigenvalue weighted by Gasteiger charge is 2.07. The minimum absolute atomic E-state index is 0.841. The average molecular weight is 252 g/mol. The number of fused-ring (bicyclic) bond motifs is 1. The zero-order valence-electron chi connectivity index (χ0n) is 8.04. The molecule has 3 heteroatoms. The Morgan fingerprint density at radius 2 is 2.07 bits per heavy atom. The van der Waals surface area contributed by atoms with Gasteiger partial charge in [-0.15, -0.1) is 0 Å². The number of rotatable bonds is 1. The first kappa shape index (κ1) is 9.46. The van der Waals surface area contributed by atoms with Gasteiger partial charge in [-0.1, -0.05) is 0 Å². The predicted octanol–water partition coefficient (Wildman–Crippen LogP) is 3.31. The summed E-state index contributed by atoms with van der Waals surface area (Å²) in [6, 6.07) is 5.87. The van der Waals surface area contributed by atoms with E-state index in [1.54, 1.807) is 7.11 Å². The minimum Gasteiger partial charge on any atom is -0.496 e. The van der Waals surface area contributed by atoms with E-state index in [9.17, 15) is 0 Å². The minimum atomic E-state index is 0.841. The number of hydrogen-bond acceptors (Lipinski definition) is 2. The maximum Gasteiger partial charge on any atom is 0.133 e. The number of hydrogen-bond donors (Lipinski definition) is 0. The monoisotopic (exact) mass is 251 g/mol. The molecule has 0 saturated heterocycles. The number of benzene rings is 1. The second kappa shape index (κ2) is 3.58. The Hall–Kier alpha value is -1.09. The number of aromatic nitrogens is 1. The van der Waals surface area contributed by atoms with E-state index in [0.717, 1.165) is 21.1 Å². The quantitative estimate of drug-likeness (QED) is 0.776. The molecule has 1 aromatic heterocycles. The van der Waals surface area contributed by atoms with E-state index in [2.05, 4.69) is 27.8 Å². The first-order chi connectivity index (χ1) is 6.74. The van der Waals surface area contributed by atoms with Crippen molar-refractivity contribution in [2.24, 2.45) is 0 Å². The summed E-state index contributed by atoms with van der Waals surface area (Å²) in [5.74, 6) is 0.841. The third-order valence-electron chi connectivity index (χ3n) is 2.24. The summed E-state index contributed by atoms with van der Waals surface area (Å²) in [7, 11) is 1.66. The number of ether oxygens (including phenoxy) is 1. The number of nitrogens with zero attached hydrogens (tertiary/aromatic N) is 1. The van der Waals surface area contributed by atoms with Crippen LogP contribution in [-0.4, -0.2) is 12.1 Å². The molecule has 0 bridgehead atoms. The Morgan fingerprint density at radius 3 is 2.79 bits per heavy atom. The third-order valence-corrected chi connectivity index (χ3v) is 3.02. The van der Waals surface area contributed by atoms with Crippen LogP contribution in [0.25, 0.3) is 10.9 Å². The van der Waals surface area contributed by atoms with Gasteiger partial charge in [0.2, 0.25) is 0 Å². The summed E-state index contributed by atoms with van der Waals surface area (Å²) in [6.45, 7) is 2.06. The van der Waals surface area contributed by atoms with Crippen LogP contribution in [0.4, 0.5) is 0 Å². The molecular formula is C11H10BrNO. The molecule has 0 N–H and O–H groups in total. The average Bonchev–Trinajstić information content (AvgIpc) is 2.18. The molecule has 0 radical (unpaired) electrons. The second-order valence-electron chi connectivity index (χ2n) is 3.10. The van der Waals surface area contributed by atoms with Crippen LogP contribution in [0.2, 0.25) is 0 Å². The fraction of sp³-hybridized carbons (Fsp3) is 0.182. The van der Waals surface area contributed by atoms with Crippen molar-refractivity contribution in [3.63, 3.8) is 0 Å².